The van der Waals surface area contributed by atoms with Crippen molar-refractivity contribution in [3.63, 3.8) is 0 Å². The summed E-state index contributed by atoms with van der Waals surface area (Å²) in [4.78, 5) is 35.6. The summed E-state index contributed by atoms with van der Waals surface area (Å²) < 4.78 is 59.3. The number of piperazine rings is 2. The first-order chi connectivity index (χ1) is 38.7. The van der Waals surface area contributed by atoms with Gasteiger partial charge in [0.25, 0.3) is 11.8 Å². The second-order valence-electron chi connectivity index (χ2n) is 21.0. The highest BCUT2D eigenvalue weighted by Crippen LogP contribution is 2.39. The van der Waals surface area contributed by atoms with E-state index in [4.69, 9.17) is 28.8 Å². The molecule has 80 heavy (non-hydrogen) atoms. The van der Waals surface area contributed by atoms with E-state index >= 15 is 4.39 Å². The highest BCUT2D eigenvalue weighted by molar-refractivity contribution is 6.14. The fourth-order valence-electron chi connectivity index (χ4n) is 11.2. The number of nitrogens with one attached hydrogen (secondary N) is 4. The Labute approximate surface area is 465 Å². The minimum Gasteiger partial charge on any atom is -0.497 e. The Bertz CT molecular complexity index is 3400. The lowest BCUT2D eigenvalue weighted by Gasteiger charge is -2.37. The van der Waals surface area contributed by atoms with Crippen LogP contribution >= 0.6 is 0 Å². The molecule has 418 valence electrons. The molecule has 0 aliphatic carbocycles. The number of aromatic nitrogens is 2. The number of carbonyl (C=O) groups is 2. The molecule has 18 heteroatoms. The van der Waals surface area contributed by atoms with Crippen molar-refractivity contribution in [2.24, 2.45) is 4.99 Å². The molecule has 11 rings (SSSR count). The van der Waals surface area contributed by atoms with Crippen LogP contribution in [-0.2, 0) is 11.3 Å². The van der Waals surface area contributed by atoms with Crippen molar-refractivity contribution in [1.29, 1.82) is 0 Å². The van der Waals surface area contributed by atoms with Crippen molar-refractivity contribution in [2.45, 2.75) is 83.9 Å². The molecule has 3 fully saturated rings. The van der Waals surface area contributed by atoms with Crippen LogP contribution in [0, 0.1) is 11.6 Å². The molecule has 6 aromatic carbocycles. The smallest absolute Gasteiger partial charge is 0.256 e. The number of ether oxygens (including phenoxy) is 5. The van der Waals surface area contributed by atoms with Gasteiger partial charge in [0, 0.05) is 114 Å². The van der Waals surface area contributed by atoms with Gasteiger partial charge in [-0.1, -0.05) is 18.2 Å². The molecular weight excluding hydrogens is 1020 g/mol. The number of fused-ring (bicyclic) bond motifs is 2. The van der Waals surface area contributed by atoms with E-state index in [1.54, 1.807) is 16.8 Å². The molecule has 4 N–H and O–H groups in total. The third-order valence-electron chi connectivity index (χ3n) is 15.0. The number of benzene rings is 6. The van der Waals surface area contributed by atoms with Gasteiger partial charge in [0.1, 0.15) is 17.3 Å². The van der Waals surface area contributed by atoms with Gasteiger partial charge < -0.3 is 54.8 Å². The molecule has 0 bridgehead atoms. The normalized spacial score (nSPS) is 19.8. The first-order valence-corrected chi connectivity index (χ1v) is 27.2. The summed E-state index contributed by atoms with van der Waals surface area (Å²) >= 11 is 0. The first-order valence-electron chi connectivity index (χ1n) is 27.2. The molecule has 3 saturated heterocycles. The van der Waals surface area contributed by atoms with Crippen LogP contribution in [0.15, 0.2) is 114 Å². The van der Waals surface area contributed by atoms with Crippen molar-refractivity contribution >= 4 is 45.7 Å². The van der Waals surface area contributed by atoms with Crippen LogP contribution in [-0.4, -0.2) is 113 Å². The molecule has 0 saturated carbocycles. The van der Waals surface area contributed by atoms with Gasteiger partial charge in [-0.3, -0.25) is 14.6 Å². The number of methoxy groups -OCH3 is 4. The second kappa shape index (κ2) is 24.1. The maximum Gasteiger partial charge on any atom is 0.256 e. The van der Waals surface area contributed by atoms with Gasteiger partial charge in [-0.2, -0.15) is 5.10 Å². The standard InChI is InChI=1S/C33H38FN5O4.C29H31FN4O3/c1-20-18-38(19-21(2)35-20)24-11-8-22(9-12-24)33(40)36-32-26-13-10-23(27-16-25(41-3)17-29(42-4)31(27)34)15-28(26)39(37-32)30-7-5-6-14-43-30;1-17-15-34(16-18(2)32-17)22-8-5-19(6-9-22)29(35)33-28-24-10-7-20(11-21(24)14-31-28)25-12-23(36-3)13-26(37-4)27(25)30/h8-13,15-17,20-21,30,35H,5-7,14,18-19H2,1-4H3,(H,36,37,40);5-13,17-18,32H,14-16H2,1-4H3,(H,31,33,35)/t20-,21+,30?;17-,18+. The number of aliphatic imine (C=N–C) groups is 1. The van der Waals surface area contributed by atoms with Crippen LogP contribution < -0.4 is 50.0 Å². The summed E-state index contributed by atoms with van der Waals surface area (Å²) in [5, 5.41) is 18.6. The number of hydrogen-bond acceptors (Lipinski definition) is 13. The fourth-order valence-corrected chi connectivity index (χ4v) is 11.2. The zero-order valence-corrected chi connectivity index (χ0v) is 46.5. The SMILES string of the molecule is COc1cc(OC)c(F)c(-c2ccc3c(NC(=O)c4ccc(N5C[C@@H](C)N[C@@H](C)C5)cc4)nn(C4CCCCO4)c3c2)c1.COc1cc(OC)c(F)c(-c2ccc3c(c2)CN=C3NC(=O)c2ccc(N3C[C@@H](C)N[C@@H](C)C3)cc2)c1. The van der Waals surface area contributed by atoms with E-state index in [0.717, 1.165) is 78.8 Å². The molecule has 1 unspecified atom stereocenters. The van der Waals surface area contributed by atoms with Crippen LogP contribution in [0.5, 0.6) is 23.0 Å². The summed E-state index contributed by atoms with van der Waals surface area (Å²) in [7, 11) is 5.91. The Balaban J connectivity index is 0.000000182. The molecule has 1 aromatic heterocycles. The highest BCUT2D eigenvalue weighted by atomic mass is 19.1. The highest BCUT2D eigenvalue weighted by Gasteiger charge is 2.27. The number of anilines is 3. The van der Waals surface area contributed by atoms with Gasteiger partial charge in [0.05, 0.1) is 40.5 Å². The quantitative estimate of drug-likeness (QED) is 0.0917. The van der Waals surface area contributed by atoms with E-state index < -0.39 is 11.6 Å². The summed E-state index contributed by atoms with van der Waals surface area (Å²) in [6.07, 6.45) is 2.50. The summed E-state index contributed by atoms with van der Waals surface area (Å²) in [6.45, 7) is 13.4. The lowest BCUT2D eigenvalue weighted by molar-refractivity contribution is -0.0365. The number of amidine groups is 1. The van der Waals surface area contributed by atoms with Gasteiger partial charge in [0.2, 0.25) is 0 Å². The number of nitrogens with zero attached hydrogens (tertiary/aromatic N) is 5. The third kappa shape index (κ3) is 11.9. The molecule has 4 aliphatic heterocycles. The van der Waals surface area contributed by atoms with Crippen molar-refractivity contribution in [1.82, 2.24) is 25.7 Å². The molecule has 0 radical (unpaired) electrons. The summed E-state index contributed by atoms with van der Waals surface area (Å²) in [6, 6.07) is 34.4. The van der Waals surface area contributed by atoms with Crippen LogP contribution in [0.3, 0.4) is 0 Å². The zero-order valence-electron chi connectivity index (χ0n) is 46.5. The third-order valence-corrected chi connectivity index (χ3v) is 15.0. The van der Waals surface area contributed by atoms with Gasteiger partial charge in [-0.05, 0) is 143 Å². The number of carbonyl (C=O) groups excluding carboxylic acids is 2. The van der Waals surface area contributed by atoms with Crippen LogP contribution in [0.4, 0.5) is 26.0 Å². The van der Waals surface area contributed by atoms with Gasteiger partial charge in [-0.15, -0.1) is 0 Å². The van der Waals surface area contributed by atoms with Gasteiger partial charge in [-0.25, -0.2) is 13.5 Å². The maximum atomic E-state index is 15.4. The Kier molecular flexibility index (Phi) is 16.7. The predicted molar refractivity (Wildman–Crippen MR) is 309 cm³/mol. The molecular formula is C62H69F2N9O7. The monoisotopic (exact) mass is 1090 g/mol. The molecule has 5 heterocycles. The Morgan fingerprint density at radius 2 is 1.11 bits per heavy atom. The van der Waals surface area contributed by atoms with Crippen LogP contribution in [0.1, 0.15) is 85.0 Å². The van der Waals surface area contributed by atoms with Crippen molar-refractivity contribution in [3.8, 4) is 45.3 Å². The largest absolute Gasteiger partial charge is 0.497 e. The molecule has 0 spiro atoms. The Morgan fingerprint density at radius 1 is 0.600 bits per heavy atom. The molecule has 2 amide bonds. The topological polar surface area (TPSA) is 165 Å². The van der Waals surface area contributed by atoms with Gasteiger partial charge >= 0.3 is 0 Å². The molecule has 7 aromatic rings. The van der Waals surface area contributed by atoms with Gasteiger partial charge in [0.15, 0.2) is 35.2 Å². The Hall–Kier alpha value is -8.06. The molecule has 4 aliphatic rings. The van der Waals surface area contributed by atoms with Crippen molar-refractivity contribution < 1.29 is 42.1 Å². The second-order valence-corrected chi connectivity index (χ2v) is 21.0. The summed E-state index contributed by atoms with van der Waals surface area (Å²) in [5.74, 6) is 0.743. The lowest BCUT2D eigenvalue weighted by atomic mass is 9.98. The van der Waals surface area contributed by atoms with Crippen LogP contribution in [0.2, 0.25) is 0 Å². The zero-order chi connectivity index (χ0) is 56.2. The molecule has 5 atom stereocenters. The molecule has 16 nitrogen and oxygen atoms in total. The average molecular weight is 1090 g/mol. The van der Waals surface area contributed by atoms with E-state index in [2.05, 4.69) is 63.8 Å². The van der Waals surface area contributed by atoms with E-state index in [-0.39, 0.29) is 29.5 Å². The van der Waals surface area contributed by atoms with Crippen molar-refractivity contribution in [2.75, 3.05) is 76.3 Å². The summed E-state index contributed by atoms with van der Waals surface area (Å²) in [5.41, 5.74) is 7.81. The number of hydrogen-bond donors (Lipinski definition) is 4. The maximum absolute atomic E-state index is 15.4. The van der Waals surface area contributed by atoms with Crippen LogP contribution in [0.25, 0.3) is 33.2 Å². The Morgan fingerprint density at radius 3 is 1.61 bits per heavy atom. The number of halogens is 2. The van der Waals surface area contributed by atoms with E-state index in [1.165, 1.54) is 40.6 Å². The minimum absolute atomic E-state index is 0.0958. The predicted octanol–water partition coefficient (Wildman–Crippen LogP) is 10.4. The number of amides is 2. The van der Waals surface area contributed by atoms with E-state index in [9.17, 15) is 14.0 Å². The van der Waals surface area contributed by atoms with E-state index in [1.807, 2.05) is 84.9 Å². The minimum atomic E-state index is -0.482. The first kappa shape index (κ1) is 55.3. The lowest BCUT2D eigenvalue weighted by Crippen LogP contribution is -2.54. The fraction of sp³-hybridized carbons (Fsp3) is 0.355. The number of rotatable bonds is 12. The van der Waals surface area contributed by atoms with E-state index in [0.29, 0.717) is 93.9 Å². The van der Waals surface area contributed by atoms with Crippen molar-refractivity contribution in [3.05, 3.63) is 143 Å². The average Bonchev–Trinajstić information content (AvgIpc) is 4.06.